The molecule has 28 heavy (non-hydrogen) atoms. The van der Waals surface area contributed by atoms with Gasteiger partial charge in [0.25, 0.3) is 0 Å². The minimum atomic E-state index is 0.370. The summed E-state index contributed by atoms with van der Waals surface area (Å²) in [6.45, 7) is 2.32. The minimum Gasteiger partial charge on any atom is -0.381 e. The van der Waals surface area contributed by atoms with Crippen molar-refractivity contribution in [2.24, 2.45) is 0 Å². The Morgan fingerprint density at radius 3 is 2.64 bits per heavy atom. The fourth-order valence-corrected chi connectivity index (χ4v) is 3.98. The summed E-state index contributed by atoms with van der Waals surface area (Å²) in [5.41, 5.74) is 5.79. The number of hydrogen-bond donors (Lipinski definition) is 0. The van der Waals surface area contributed by atoms with Crippen LogP contribution in [-0.2, 0) is 11.3 Å². The number of hydrogen-bond acceptors (Lipinski definition) is 3. The summed E-state index contributed by atoms with van der Waals surface area (Å²) in [6, 6.07) is 20.8. The van der Waals surface area contributed by atoms with Crippen molar-refractivity contribution in [3.63, 3.8) is 0 Å². The molecule has 140 valence electrons. The lowest BCUT2D eigenvalue weighted by Gasteiger charge is -2.17. The predicted molar refractivity (Wildman–Crippen MR) is 109 cm³/mol. The number of nitrogens with zero attached hydrogens (tertiary/aromatic N) is 4. The van der Waals surface area contributed by atoms with Gasteiger partial charge in [-0.15, -0.1) is 0 Å². The third-order valence-corrected chi connectivity index (χ3v) is 5.33. The maximum atomic E-state index is 5.70. The summed E-state index contributed by atoms with van der Waals surface area (Å²) in [6.07, 6.45) is 6.79. The van der Waals surface area contributed by atoms with Crippen molar-refractivity contribution in [3.8, 4) is 16.9 Å². The van der Waals surface area contributed by atoms with Crippen LogP contribution >= 0.6 is 0 Å². The molecule has 1 aliphatic rings. The Bertz CT molecular complexity index is 1050. The third-order valence-electron chi connectivity index (χ3n) is 5.33. The van der Waals surface area contributed by atoms with Gasteiger partial charge >= 0.3 is 0 Å². The average molecular weight is 370 g/mol. The molecule has 0 saturated carbocycles. The Morgan fingerprint density at radius 2 is 1.86 bits per heavy atom. The van der Waals surface area contributed by atoms with Gasteiger partial charge in [0.1, 0.15) is 0 Å². The summed E-state index contributed by atoms with van der Waals surface area (Å²) in [5, 5.41) is 4.41. The molecule has 0 bridgehead atoms. The summed E-state index contributed by atoms with van der Waals surface area (Å²) in [5.74, 6) is 0.370. The highest BCUT2D eigenvalue weighted by molar-refractivity contribution is 5.63. The van der Waals surface area contributed by atoms with Crippen LogP contribution in [-0.4, -0.2) is 32.5 Å². The van der Waals surface area contributed by atoms with Gasteiger partial charge in [-0.3, -0.25) is 0 Å². The number of ether oxygens (including phenoxy) is 1. The van der Waals surface area contributed by atoms with Gasteiger partial charge in [-0.2, -0.15) is 5.10 Å². The van der Waals surface area contributed by atoms with E-state index in [1.165, 1.54) is 11.3 Å². The molecule has 0 amide bonds. The van der Waals surface area contributed by atoms with Crippen LogP contribution in [0.1, 0.15) is 23.6 Å². The lowest BCUT2D eigenvalue weighted by molar-refractivity contribution is 0.193. The fraction of sp³-hybridized carbons (Fsp3) is 0.217. The molecule has 1 fully saturated rings. The lowest BCUT2D eigenvalue weighted by atomic mass is 9.99. The van der Waals surface area contributed by atoms with Crippen molar-refractivity contribution in [2.75, 3.05) is 13.2 Å². The van der Waals surface area contributed by atoms with Crippen molar-refractivity contribution in [2.45, 2.75) is 18.9 Å². The second kappa shape index (κ2) is 7.44. The third kappa shape index (κ3) is 3.14. The molecule has 5 nitrogen and oxygen atoms in total. The molecule has 0 N–H and O–H groups in total. The number of imidazole rings is 1. The standard InChI is InChI=1S/C23H22N4O/c1-2-7-18(8-3-1)22-23(20-11-14-28-16-20)26(17-24-22)15-19-9-4-5-10-21(19)27-13-6-12-25-27/h1-10,12-13,17,20H,11,14-16H2/t20-/m0/s1. The number of benzene rings is 2. The van der Waals surface area contributed by atoms with Crippen molar-refractivity contribution in [1.29, 1.82) is 0 Å². The highest BCUT2D eigenvalue weighted by Gasteiger charge is 2.26. The maximum absolute atomic E-state index is 5.70. The largest absolute Gasteiger partial charge is 0.381 e. The van der Waals surface area contributed by atoms with Gasteiger partial charge < -0.3 is 9.30 Å². The van der Waals surface area contributed by atoms with Crippen LogP contribution in [0.3, 0.4) is 0 Å². The Balaban J connectivity index is 1.57. The zero-order valence-corrected chi connectivity index (χ0v) is 15.6. The lowest BCUT2D eigenvalue weighted by Crippen LogP contribution is -2.11. The van der Waals surface area contributed by atoms with Crippen molar-refractivity contribution >= 4 is 0 Å². The molecule has 1 atom stereocenters. The van der Waals surface area contributed by atoms with Gasteiger partial charge in [0.05, 0.1) is 36.6 Å². The Morgan fingerprint density at radius 1 is 1.00 bits per heavy atom. The van der Waals surface area contributed by atoms with Gasteiger partial charge in [0.2, 0.25) is 0 Å². The Kier molecular flexibility index (Phi) is 4.51. The predicted octanol–water partition coefficient (Wildman–Crippen LogP) is 4.29. The number of para-hydroxylation sites is 1. The monoisotopic (exact) mass is 370 g/mol. The zero-order chi connectivity index (χ0) is 18.8. The average Bonchev–Trinajstić information content (AvgIpc) is 3.50. The molecule has 0 aliphatic carbocycles. The van der Waals surface area contributed by atoms with Gasteiger partial charge in [-0.25, -0.2) is 9.67 Å². The SMILES string of the molecule is c1ccc(-c2ncn(Cc3ccccc3-n3cccn3)c2[C@H]2CCOC2)cc1. The zero-order valence-electron chi connectivity index (χ0n) is 15.6. The van der Waals surface area contributed by atoms with E-state index in [2.05, 4.69) is 58.2 Å². The van der Waals surface area contributed by atoms with E-state index < -0.39 is 0 Å². The molecule has 0 spiro atoms. The van der Waals surface area contributed by atoms with Crippen LogP contribution in [0.2, 0.25) is 0 Å². The second-order valence-electron chi connectivity index (χ2n) is 7.11. The normalized spacial score (nSPS) is 16.5. The topological polar surface area (TPSA) is 44.9 Å². The smallest absolute Gasteiger partial charge is 0.0959 e. The van der Waals surface area contributed by atoms with Crippen LogP contribution in [0.4, 0.5) is 0 Å². The molecule has 1 saturated heterocycles. The Hall–Kier alpha value is -3.18. The van der Waals surface area contributed by atoms with Gasteiger partial charge in [0, 0.05) is 30.5 Å². The van der Waals surface area contributed by atoms with Gasteiger partial charge in [-0.05, 0) is 24.1 Å². The van der Waals surface area contributed by atoms with Crippen molar-refractivity contribution in [1.82, 2.24) is 19.3 Å². The van der Waals surface area contributed by atoms with Crippen molar-refractivity contribution in [3.05, 3.63) is 90.6 Å². The molecular weight excluding hydrogens is 348 g/mol. The molecule has 0 unspecified atom stereocenters. The second-order valence-corrected chi connectivity index (χ2v) is 7.11. The summed E-state index contributed by atoms with van der Waals surface area (Å²) < 4.78 is 9.91. The summed E-state index contributed by atoms with van der Waals surface area (Å²) >= 11 is 0. The number of aromatic nitrogens is 4. The molecule has 2 aromatic carbocycles. The highest BCUT2D eigenvalue weighted by atomic mass is 16.5. The molecule has 0 radical (unpaired) electrons. The molecule has 1 aliphatic heterocycles. The van der Waals surface area contributed by atoms with Crippen molar-refractivity contribution < 1.29 is 4.74 Å². The van der Waals surface area contributed by atoms with E-state index in [4.69, 9.17) is 9.72 Å². The van der Waals surface area contributed by atoms with Crippen LogP contribution in [0.15, 0.2) is 79.4 Å². The first-order valence-electron chi connectivity index (χ1n) is 9.66. The molecule has 2 aromatic heterocycles. The first kappa shape index (κ1) is 17.0. The van der Waals surface area contributed by atoms with E-state index >= 15 is 0 Å². The maximum Gasteiger partial charge on any atom is 0.0959 e. The van der Waals surface area contributed by atoms with Crippen LogP contribution < -0.4 is 0 Å². The van der Waals surface area contributed by atoms with Gasteiger partial charge in [0.15, 0.2) is 0 Å². The first-order chi connectivity index (χ1) is 13.9. The van der Waals surface area contributed by atoms with E-state index in [9.17, 15) is 0 Å². The van der Waals surface area contributed by atoms with E-state index in [0.29, 0.717) is 5.92 Å². The quantitative estimate of drug-likeness (QED) is 0.526. The molecule has 3 heterocycles. The summed E-state index contributed by atoms with van der Waals surface area (Å²) in [4.78, 5) is 4.80. The van der Waals surface area contributed by atoms with Gasteiger partial charge in [-0.1, -0.05) is 48.5 Å². The molecular formula is C23H22N4O. The minimum absolute atomic E-state index is 0.370. The summed E-state index contributed by atoms with van der Waals surface area (Å²) in [7, 11) is 0. The molecule has 4 aromatic rings. The van der Waals surface area contributed by atoms with E-state index in [1.807, 2.05) is 35.5 Å². The fourth-order valence-electron chi connectivity index (χ4n) is 3.98. The van der Waals surface area contributed by atoms with Crippen LogP contribution in [0, 0.1) is 0 Å². The Labute approximate surface area is 164 Å². The van der Waals surface area contributed by atoms with Crippen LogP contribution in [0.25, 0.3) is 16.9 Å². The number of rotatable bonds is 5. The first-order valence-corrected chi connectivity index (χ1v) is 9.66. The van der Waals surface area contributed by atoms with Crippen LogP contribution in [0.5, 0.6) is 0 Å². The highest BCUT2D eigenvalue weighted by Crippen LogP contribution is 2.34. The van der Waals surface area contributed by atoms with E-state index in [-0.39, 0.29) is 0 Å². The van der Waals surface area contributed by atoms with E-state index in [0.717, 1.165) is 43.1 Å². The molecule has 5 heteroatoms. The van der Waals surface area contributed by atoms with E-state index in [1.54, 1.807) is 0 Å². The molecule has 5 rings (SSSR count).